The summed E-state index contributed by atoms with van der Waals surface area (Å²) in [4.78, 5) is 12.4. The Morgan fingerprint density at radius 3 is 2.74 bits per heavy atom. The van der Waals surface area contributed by atoms with Gasteiger partial charge in [0.15, 0.2) is 0 Å². The van der Waals surface area contributed by atoms with Crippen molar-refractivity contribution in [1.29, 1.82) is 0 Å². The molecular weight excluding hydrogens is 242 g/mol. The number of aryl methyl sites for hydroxylation is 1. The van der Waals surface area contributed by atoms with Gasteiger partial charge in [0, 0.05) is 17.9 Å². The Kier molecular flexibility index (Phi) is 3.94. The molecule has 2 rings (SSSR count). The van der Waals surface area contributed by atoms with Crippen LogP contribution in [0.2, 0.25) is 0 Å². The highest BCUT2D eigenvalue weighted by molar-refractivity contribution is 5.81. The van der Waals surface area contributed by atoms with Gasteiger partial charge in [-0.2, -0.15) is 5.10 Å². The summed E-state index contributed by atoms with van der Waals surface area (Å²) in [7, 11) is 1.46. The maximum absolute atomic E-state index is 12.4. The van der Waals surface area contributed by atoms with E-state index in [0.717, 1.165) is 18.5 Å². The quantitative estimate of drug-likeness (QED) is 0.792. The monoisotopic (exact) mass is 265 g/mol. The molecule has 1 fully saturated rings. The van der Waals surface area contributed by atoms with Gasteiger partial charge in [-0.05, 0) is 45.6 Å². The molecule has 1 aromatic heterocycles. The van der Waals surface area contributed by atoms with Crippen molar-refractivity contribution in [3.63, 3.8) is 0 Å². The zero-order valence-electron chi connectivity index (χ0n) is 12.1. The number of esters is 1. The molecule has 0 aromatic carbocycles. The van der Waals surface area contributed by atoms with Crippen LogP contribution in [0, 0.1) is 12.8 Å². The van der Waals surface area contributed by atoms with E-state index in [9.17, 15) is 4.79 Å². The molecule has 1 atom stereocenters. The van der Waals surface area contributed by atoms with Crippen molar-refractivity contribution in [2.45, 2.75) is 51.7 Å². The number of carbonyl (C=O) groups excluding carboxylic acids is 1. The Balaban J connectivity index is 2.31. The van der Waals surface area contributed by atoms with Gasteiger partial charge in [-0.15, -0.1) is 0 Å². The summed E-state index contributed by atoms with van der Waals surface area (Å²) < 4.78 is 6.94. The molecule has 0 radical (unpaired) electrons. The molecule has 19 heavy (non-hydrogen) atoms. The number of rotatable bonds is 6. The molecule has 5 heteroatoms. The molecule has 0 bridgehead atoms. The van der Waals surface area contributed by atoms with Crippen LogP contribution in [0.1, 0.15) is 32.4 Å². The van der Waals surface area contributed by atoms with Gasteiger partial charge >= 0.3 is 5.97 Å². The zero-order valence-corrected chi connectivity index (χ0v) is 12.1. The topological polar surface area (TPSA) is 56.2 Å². The molecule has 1 aromatic rings. The fourth-order valence-corrected chi connectivity index (χ4v) is 2.66. The fourth-order valence-electron chi connectivity index (χ4n) is 2.66. The summed E-state index contributed by atoms with van der Waals surface area (Å²) >= 11 is 0. The van der Waals surface area contributed by atoms with Crippen molar-refractivity contribution < 1.29 is 9.53 Å². The van der Waals surface area contributed by atoms with E-state index in [0.29, 0.717) is 12.5 Å². The first kappa shape index (κ1) is 14.1. The summed E-state index contributed by atoms with van der Waals surface area (Å²) in [5.41, 5.74) is 0.402. The summed E-state index contributed by atoms with van der Waals surface area (Å²) in [5, 5.41) is 7.74. The summed E-state index contributed by atoms with van der Waals surface area (Å²) in [6, 6.07) is 2.17. The SMILES string of the molecule is COC(=O)C(Cn1nccc1C)(NC(C)C)C1CC1. The maximum Gasteiger partial charge on any atom is 0.328 e. The number of carbonyl (C=O) groups is 1. The molecule has 1 saturated carbocycles. The second-order valence-electron chi connectivity index (χ2n) is 5.67. The average molecular weight is 265 g/mol. The van der Waals surface area contributed by atoms with E-state index in [4.69, 9.17) is 4.74 Å². The van der Waals surface area contributed by atoms with Gasteiger partial charge in [0.25, 0.3) is 0 Å². The van der Waals surface area contributed by atoms with Crippen LogP contribution >= 0.6 is 0 Å². The van der Waals surface area contributed by atoms with Crippen LogP contribution in [0.3, 0.4) is 0 Å². The standard InChI is InChI=1S/C14H23N3O2/c1-10(2)16-14(12-5-6-12,13(18)19-4)9-17-11(3)7-8-15-17/h7-8,10,12,16H,5-6,9H2,1-4H3. The predicted octanol–water partition coefficient (Wildman–Crippen LogP) is 1.51. The van der Waals surface area contributed by atoms with Crippen molar-refractivity contribution in [2.75, 3.05) is 7.11 Å². The first-order valence-corrected chi connectivity index (χ1v) is 6.84. The molecule has 0 aliphatic heterocycles. The molecule has 1 heterocycles. The van der Waals surface area contributed by atoms with Crippen molar-refractivity contribution in [3.8, 4) is 0 Å². The maximum atomic E-state index is 12.4. The van der Waals surface area contributed by atoms with Crippen molar-refractivity contribution in [3.05, 3.63) is 18.0 Å². The first-order valence-electron chi connectivity index (χ1n) is 6.84. The number of ether oxygens (including phenoxy) is 1. The number of hydrogen-bond acceptors (Lipinski definition) is 4. The van der Waals surface area contributed by atoms with Gasteiger partial charge in [-0.3, -0.25) is 10.00 Å². The normalized spacial score (nSPS) is 18.4. The Hall–Kier alpha value is -1.36. The van der Waals surface area contributed by atoms with Crippen LogP contribution in [0.5, 0.6) is 0 Å². The van der Waals surface area contributed by atoms with Gasteiger partial charge < -0.3 is 4.74 Å². The van der Waals surface area contributed by atoms with E-state index < -0.39 is 5.54 Å². The minimum absolute atomic E-state index is 0.182. The van der Waals surface area contributed by atoms with E-state index in [1.54, 1.807) is 6.20 Å². The Morgan fingerprint density at radius 1 is 1.63 bits per heavy atom. The zero-order chi connectivity index (χ0) is 14.0. The summed E-state index contributed by atoms with van der Waals surface area (Å²) in [6.07, 6.45) is 3.89. The van der Waals surface area contributed by atoms with Gasteiger partial charge in [0.05, 0.1) is 13.7 Å². The summed E-state index contributed by atoms with van der Waals surface area (Å²) in [6.45, 7) is 6.63. The lowest BCUT2D eigenvalue weighted by atomic mass is 9.91. The third-order valence-electron chi connectivity index (χ3n) is 3.70. The number of aromatic nitrogens is 2. The molecule has 1 aliphatic carbocycles. The van der Waals surface area contributed by atoms with E-state index in [2.05, 4.69) is 24.3 Å². The highest BCUT2D eigenvalue weighted by atomic mass is 16.5. The number of methoxy groups -OCH3 is 1. The molecule has 1 unspecified atom stereocenters. The van der Waals surface area contributed by atoms with Crippen LogP contribution in [-0.4, -0.2) is 34.4 Å². The average Bonchev–Trinajstić information content (AvgIpc) is 3.13. The number of nitrogens with one attached hydrogen (secondary N) is 1. The second-order valence-corrected chi connectivity index (χ2v) is 5.67. The van der Waals surface area contributed by atoms with Crippen molar-refractivity contribution in [1.82, 2.24) is 15.1 Å². The third-order valence-corrected chi connectivity index (χ3v) is 3.70. The van der Waals surface area contributed by atoms with Crippen LogP contribution < -0.4 is 5.32 Å². The molecule has 5 nitrogen and oxygen atoms in total. The fraction of sp³-hybridized carbons (Fsp3) is 0.714. The largest absolute Gasteiger partial charge is 0.468 e. The molecule has 0 spiro atoms. The lowest BCUT2D eigenvalue weighted by Crippen LogP contribution is -2.59. The van der Waals surface area contributed by atoms with Crippen molar-refractivity contribution >= 4 is 5.97 Å². The second kappa shape index (κ2) is 5.33. The highest BCUT2D eigenvalue weighted by Crippen LogP contribution is 2.41. The van der Waals surface area contributed by atoms with Gasteiger partial charge in [-0.1, -0.05) is 0 Å². The van der Waals surface area contributed by atoms with Crippen molar-refractivity contribution in [2.24, 2.45) is 5.92 Å². The molecular formula is C14H23N3O2. The molecule has 1 N–H and O–H groups in total. The summed E-state index contributed by atoms with van der Waals surface area (Å²) in [5.74, 6) is 0.157. The van der Waals surface area contributed by atoms with Crippen LogP contribution in [0.25, 0.3) is 0 Å². The molecule has 0 amide bonds. The third kappa shape index (κ3) is 2.81. The lowest BCUT2D eigenvalue weighted by molar-refractivity contribution is -0.151. The van der Waals surface area contributed by atoms with E-state index >= 15 is 0 Å². The van der Waals surface area contributed by atoms with Gasteiger partial charge in [-0.25, -0.2) is 4.79 Å². The Labute approximate surface area is 114 Å². The predicted molar refractivity (Wildman–Crippen MR) is 72.7 cm³/mol. The smallest absolute Gasteiger partial charge is 0.328 e. The minimum atomic E-state index is -0.653. The minimum Gasteiger partial charge on any atom is -0.468 e. The Bertz CT molecular complexity index is 451. The van der Waals surface area contributed by atoms with Crippen LogP contribution in [0.4, 0.5) is 0 Å². The molecule has 1 aliphatic rings. The highest BCUT2D eigenvalue weighted by Gasteiger charge is 2.52. The Morgan fingerprint density at radius 2 is 2.32 bits per heavy atom. The van der Waals surface area contributed by atoms with Crippen LogP contribution in [0.15, 0.2) is 12.3 Å². The molecule has 106 valence electrons. The van der Waals surface area contributed by atoms with E-state index in [-0.39, 0.29) is 12.0 Å². The molecule has 0 saturated heterocycles. The lowest BCUT2D eigenvalue weighted by Gasteiger charge is -2.34. The van der Waals surface area contributed by atoms with E-state index in [1.807, 2.05) is 17.7 Å². The van der Waals surface area contributed by atoms with Gasteiger partial charge in [0.2, 0.25) is 0 Å². The first-order chi connectivity index (χ1) is 8.99. The number of hydrogen-bond donors (Lipinski definition) is 1. The van der Waals surface area contributed by atoms with Gasteiger partial charge in [0.1, 0.15) is 5.54 Å². The van der Waals surface area contributed by atoms with Crippen LogP contribution in [-0.2, 0) is 16.1 Å². The van der Waals surface area contributed by atoms with E-state index in [1.165, 1.54) is 7.11 Å². The number of nitrogens with zero attached hydrogens (tertiary/aromatic N) is 2.